The summed E-state index contributed by atoms with van der Waals surface area (Å²) < 4.78 is 9.52. The van der Waals surface area contributed by atoms with Gasteiger partial charge in [0.05, 0.1) is 18.9 Å². The molecule has 0 spiro atoms. The van der Waals surface area contributed by atoms with Gasteiger partial charge in [-0.25, -0.2) is 4.98 Å². The van der Waals surface area contributed by atoms with Gasteiger partial charge in [0, 0.05) is 38.3 Å². The maximum Gasteiger partial charge on any atom is 0.227 e. The second-order valence-electron chi connectivity index (χ2n) is 5.93. The Labute approximate surface area is 144 Å². The number of anilines is 1. The number of nitrogens with zero attached hydrogens (tertiary/aromatic N) is 6. The molecule has 0 atom stereocenters. The molecule has 0 aromatic carbocycles. The number of fused-ring (bicyclic) bond motifs is 1. The van der Waals surface area contributed by atoms with Crippen molar-refractivity contribution >= 4 is 23.4 Å². The van der Waals surface area contributed by atoms with E-state index in [1.165, 1.54) is 5.56 Å². The number of pyridine rings is 1. The fourth-order valence-electron chi connectivity index (χ4n) is 2.84. The number of hydrogen-bond acceptors (Lipinski definition) is 6. The van der Waals surface area contributed by atoms with Crippen LogP contribution in [0.4, 0.5) is 5.95 Å². The zero-order valence-electron chi connectivity index (χ0n) is 13.8. The van der Waals surface area contributed by atoms with Crippen LogP contribution in [0.25, 0.3) is 5.65 Å². The first-order valence-corrected chi connectivity index (χ1v) is 8.98. The van der Waals surface area contributed by atoms with E-state index in [0.29, 0.717) is 0 Å². The van der Waals surface area contributed by atoms with Crippen LogP contribution in [-0.2, 0) is 17.5 Å². The molecule has 1 saturated heterocycles. The van der Waals surface area contributed by atoms with Crippen LogP contribution >= 0.6 is 11.8 Å². The molecular weight excluding hydrogens is 324 g/mol. The van der Waals surface area contributed by atoms with E-state index in [9.17, 15) is 0 Å². The van der Waals surface area contributed by atoms with Gasteiger partial charge in [-0.1, -0.05) is 17.8 Å². The van der Waals surface area contributed by atoms with Crippen LogP contribution in [0.5, 0.6) is 0 Å². The predicted molar refractivity (Wildman–Crippen MR) is 93.5 cm³/mol. The molecule has 3 aromatic heterocycles. The Kier molecular flexibility index (Phi) is 4.15. The average molecular weight is 344 g/mol. The number of morpholine rings is 1. The van der Waals surface area contributed by atoms with Crippen molar-refractivity contribution in [3.8, 4) is 0 Å². The van der Waals surface area contributed by atoms with Gasteiger partial charge in [-0.05, 0) is 18.6 Å². The molecule has 0 bridgehead atoms. The average Bonchev–Trinajstić information content (AvgIpc) is 3.16. The highest BCUT2D eigenvalue weighted by Crippen LogP contribution is 2.24. The first kappa shape index (κ1) is 15.5. The molecule has 0 unspecified atom stereocenters. The molecule has 7 nitrogen and oxygen atoms in total. The minimum Gasteiger partial charge on any atom is -0.378 e. The van der Waals surface area contributed by atoms with Crippen LogP contribution in [0.15, 0.2) is 29.7 Å². The van der Waals surface area contributed by atoms with Gasteiger partial charge in [0.2, 0.25) is 5.95 Å². The number of aromatic nitrogens is 5. The minimum atomic E-state index is 0.746. The normalized spacial score (nSPS) is 15.3. The van der Waals surface area contributed by atoms with Crippen molar-refractivity contribution in [2.24, 2.45) is 7.05 Å². The largest absolute Gasteiger partial charge is 0.378 e. The van der Waals surface area contributed by atoms with Crippen molar-refractivity contribution in [3.63, 3.8) is 0 Å². The van der Waals surface area contributed by atoms with Gasteiger partial charge in [0.25, 0.3) is 0 Å². The van der Waals surface area contributed by atoms with Crippen LogP contribution in [0, 0.1) is 6.92 Å². The lowest BCUT2D eigenvalue weighted by atomic mass is 10.3. The number of thioether (sulfide) groups is 1. The molecule has 1 fully saturated rings. The summed E-state index contributed by atoms with van der Waals surface area (Å²) in [6.45, 7) is 5.30. The quantitative estimate of drug-likeness (QED) is 0.674. The highest BCUT2D eigenvalue weighted by atomic mass is 32.2. The third-order valence-corrected chi connectivity index (χ3v) is 5.16. The maximum absolute atomic E-state index is 5.40. The molecule has 24 heavy (non-hydrogen) atoms. The van der Waals surface area contributed by atoms with Gasteiger partial charge in [0.1, 0.15) is 5.65 Å². The second-order valence-corrected chi connectivity index (χ2v) is 6.88. The molecule has 4 rings (SSSR count). The number of hydrogen-bond donors (Lipinski definition) is 0. The second kappa shape index (κ2) is 6.45. The molecule has 0 aliphatic carbocycles. The molecule has 0 N–H and O–H groups in total. The smallest absolute Gasteiger partial charge is 0.227 e. The highest BCUT2D eigenvalue weighted by molar-refractivity contribution is 7.98. The highest BCUT2D eigenvalue weighted by Gasteiger charge is 2.18. The summed E-state index contributed by atoms with van der Waals surface area (Å²) in [5.41, 5.74) is 3.24. The first-order chi connectivity index (χ1) is 11.7. The Hall–Kier alpha value is -2.06. The Balaban J connectivity index is 1.47. The zero-order valence-corrected chi connectivity index (χ0v) is 14.7. The summed E-state index contributed by atoms with van der Waals surface area (Å²) in [6.07, 6.45) is 4.17. The summed E-state index contributed by atoms with van der Waals surface area (Å²) in [6, 6.07) is 4.12. The van der Waals surface area contributed by atoms with E-state index in [1.54, 1.807) is 11.8 Å². The van der Waals surface area contributed by atoms with Gasteiger partial charge < -0.3 is 14.0 Å². The van der Waals surface area contributed by atoms with Crippen molar-refractivity contribution in [1.82, 2.24) is 24.1 Å². The Morgan fingerprint density at radius 3 is 2.83 bits per heavy atom. The minimum absolute atomic E-state index is 0.746. The van der Waals surface area contributed by atoms with Crippen molar-refractivity contribution < 1.29 is 4.74 Å². The maximum atomic E-state index is 5.40. The molecular formula is C16H20N6OS. The van der Waals surface area contributed by atoms with E-state index < -0.39 is 0 Å². The van der Waals surface area contributed by atoms with Crippen LogP contribution in [0.1, 0.15) is 11.3 Å². The Bertz CT molecular complexity index is 851. The first-order valence-electron chi connectivity index (χ1n) is 8.00. The third kappa shape index (κ3) is 2.99. The van der Waals surface area contributed by atoms with E-state index in [2.05, 4.69) is 54.4 Å². The number of aryl methyl sites for hydroxylation is 1. The standard InChI is InChI=1S/C16H20N6OS/c1-12-3-4-14-17-13(10-22(14)9-12)11-24-16-19-18-15(20(16)2)21-5-7-23-8-6-21/h3-4,9-10H,5-8,11H2,1-2H3. The van der Waals surface area contributed by atoms with Crippen LogP contribution in [-0.4, -0.2) is 50.5 Å². The molecule has 1 aliphatic heterocycles. The fourth-order valence-corrected chi connectivity index (χ4v) is 3.63. The molecule has 0 amide bonds. The van der Waals surface area contributed by atoms with Crippen LogP contribution < -0.4 is 4.90 Å². The third-order valence-electron chi connectivity index (χ3n) is 4.10. The number of rotatable bonds is 4. The van der Waals surface area contributed by atoms with Crippen molar-refractivity contribution in [2.45, 2.75) is 17.8 Å². The molecule has 126 valence electrons. The Morgan fingerprint density at radius 2 is 2.00 bits per heavy atom. The van der Waals surface area contributed by atoms with Gasteiger partial charge in [-0.3, -0.25) is 4.57 Å². The van der Waals surface area contributed by atoms with E-state index in [1.807, 2.05) is 13.1 Å². The molecule has 0 radical (unpaired) electrons. The summed E-state index contributed by atoms with van der Waals surface area (Å²) in [5, 5.41) is 9.58. The SMILES string of the molecule is Cc1ccc2nc(CSc3nnc(N4CCOCC4)n3C)cn2c1. The monoisotopic (exact) mass is 344 g/mol. The van der Waals surface area contributed by atoms with E-state index in [0.717, 1.165) is 54.5 Å². The summed E-state index contributed by atoms with van der Waals surface area (Å²) in [7, 11) is 2.01. The van der Waals surface area contributed by atoms with E-state index in [-0.39, 0.29) is 0 Å². The fraction of sp³-hybridized carbons (Fsp3) is 0.438. The van der Waals surface area contributed by atoms with Gasteiger partial charge >= 0.3 is 0 Å². The van der Waals surface area contributed by atoms with Gasteiger partial charge in [0.15, 0.2) is 5.16 Å². The molecule has 1 aliphatic rings. The van der Waals surface area contributed by atoms with E-state index in [4.69, 9.17) is 4.74 Å². The van der Waals surface area contributed by atoms with Gasteiger partial charge in [-0.15, -0.1) is 10.2 Å². The molecule has 4 heterocycles. The molecule has 8 heteroatoms. The predicted octanol–water partition coefficient (Wildman–Crippen LogP) is 1.90. The van der Waals surface area contributed by atoms with Crippen LogP contribution in [0.3, 0.4) is 0 Å². The summed E-state index contributed by atoms with van der Waals surface area (Å²) >= 11 is 1.66. The van der Waals surface area contributed by atoms with E-state index >= 15 is 0 Å². The topological polar surface area (TPSA) is 60.5 Å². The molecule has 0 saturated carbocycles. The van der Waals surface area contributed by atoms with Gasteiger partial charge in [-0.2, -0.15) is 0 Å². The lowest BCUT2D eigenvalue weighted by Crippen LogP contribution is -2.37. The lowest BCUT2D eigenvalue weighted by Gasteiger charge is -2.27. The van der Waals surface area contributed by atoms with Crippen molar-refractivity contribution in [3.05, 3.63) is 35.8 Å². The zero-order chi connectivity index (χ0) is 16.5. The van der Waals surface area contributed by atoms with Crippen molar-refractivity contribution in [1.29, 1.82) is 0 Å². The Morgan fingerprint density at radius 1 is 1.17 bits per heavy atom. The van der Waals surface area contributed by atoms with Crippen LogP contribution in [0.2, 0.25) is 0 Å². The summed E-state index contributed by atoms with van der Waals surface area (Å²) in [4.78, 5) is 6.87. The number of imidazole rings is 1. The number of ether oxygens (including phenoxy) is 1. The summed E-state index contributed by atoms with van der Waals surface area (Å²) in [5.74, 6) is 1.68. The lowest BCUT2D eigenvalue weighted by molar-refractivity contribution is 0.121. The van der Waals surface area contributed by atoms with Crippen molar-refractivity contribution in [2.75, 3.05) is 31.2 Å². The molecule has 3 aromatic rings.